The molecule has 0 radical (unpaired) electrons. The van der Waals surface area contributed by atoms with Crippen molar-refractivity contribution in [1.29, 1.82) is 0 Å². The molecule has 1 heterocycles. The minimum atomic E-state index is -0.415. The van der Waals surface area contributed by atoms with Crippen LogP contribution in [0.15, 0.2) is 59.6 Å². The summed E-state index contributed by atoms with van der Waals surface area (Å²) in [5.41, 5.74) is 6.86. The van der Waals surface area contributed by atoms with Crippen molar-refractivity contribution < 1.29 is 9.53 Å². The second-order valence-corrected chi connectivity index (χ2v) is 6.58. The smallest absolute Gasteiger partial charge is 0.248 e. The molecular weight excluding hydrogens is 340 g/mol. The number of primary amides is 1. The minimum absolute atomic E-state index is 0.231. The lowest BCUT2D eigenvalue weighted by Gasteiger charge is -2.34. The van der Waals surface area contributed by atoms with Gasteiger partial charge in [0.25, 0.3) is 0 Å². The van der Waals surface area contributed by atoms with Gasteiger partial charge in [0.05, 0.1) is 0 Å². The number of nitrogens with zero attached hydrogens (tertiary/aromatic N) is 2. The summed E-state index contributed by atoms with van der Waals surface area (Å²) < 4.78 is 6.05. The highest BCUT2D eigenvalue weighted by molar-refractivity contribution is 5.92. The van der Waals surface area contributed by atoms with Crippen LogP contribution in [0.4, 0.5) is 0 Å². The van der Waals surface area contributed by atoms with Gasteiger partial charge in [0, 0.05) is 45.1 Å². The summed E-state index contributed by atoms with van der Waals surface area (Å²) in [4.78, 5) is 17.9. The van der Waals surface area contributed by atoms with E-state index in [2.05, 4.69) is 15.2 Å². The molecule has 2 aromatic rings. The third-order valence-corrected chi connectivity index (χ3v) is 4.66. The average Bonchev–Trinajstić information content (AvgIpc) is 2.70. The Hall–Kier alpha value is -3.02. The van der Waals surface area contributed by atoms with Crippen LogP contribution in [0.5, 0.6) is 5.75 Å². The largest absolute Gasteiger partial charge is 0.490 e. The van der Waals surface area contributed by atoms with Crippen LogP contribution in [-0.2, 0) is 6.54 Å². The molecule has 3 rings (SSSR count). The minimum Gasteiger partial charge on any atom is -0.490 e. The number of para-hydroxylation sites is 1. The van der Waals surface area contributed by atoms with Gasteiger partial charge in [0.2, 0.25) is 5.91 Å². The topological polar surface area (TPSA) is 79.9 Å². The molecule has 0 saturated carbocycles. The molecule has 142 valence electrons. The van der Waals surface area contributed by atoms with Crippen LogP contribution < -0.4 is 15.8 Å². The van der Waals surface area contributed by atoms with E-state index in [4.69, 9.17) is 10.5 Å². The summed E-state index contributed by atoms with van der Waals surface area (Å²) in [6.45, 7) is 2.37. The lowest BCUT2D eigenvalue weighted by molar-refractivity contribution is 0.1000. The maximum Gasteiger partial charge on any atom is 0.248 e. The van der Waals surface area contributed by atoms with Crippen molar-refractivity contribution >= 4 is 11.9 Å². The molecule has 1 saturated heterocycles. The normalized spacial score (nSPS) is 15.4. The molecule has 0 spiro atoms. The van der Waals surface area contributed by atoms with Crippen LogP contribution in [-0.4, -0.2) is 43.0 Å². The second-order valence-electron chi connectivity index (χ2n) is 6.58. The number of amides is 1. The third-order valence-electron chi connectivity index (χ3n) is 4.66. The molecule has 1 fully saturated rings. The van der Waals surface area contributed by atoms with Crippen molar-refractivity contribution in [3.05, 3.63) is 65.7 Å². The maximum absolute atomic E-state index is 11.3. The first-order valence-corrected chi connectivity index (χ1v) is 9.22. The molecule has 0 bridgehead atoms. The van der Waals surface area contributed by atoms with Gasteiger partial charge in [-0.15, -0.1) is 0 Å². The summed E-state index contributed by atoms with van der Waals surface area (Å²) in [6.07, 6.45) is 2.13. The number of rotatable bonds is 5. The van der Waals surface area contributed by atoms with E-state index in [0.717, 1.165) is 43.2 Å². The fourth-order valence-corrected chi connectivity index (χ4v) is 3.22. The van der Waals surface area contributed by atoms with Crippen molar-refractivity contribution in [2.24, 2.45) is 10.7 Å². The van der Waals surface area contributed by atoms with Crippen molar-refractivity contribution in [3.8, 4) is 5.75 Å². The van der Waals surface area contributed by atoms with Crippen LogP contribution in [0, 0.1) is 0 Å². The SMILES string of the molecule is CN=C(NCc1cccc(C(N)=O)c1)N1CCC(Oc2ccccc2)CC1. The number of aliphatic imine (C=N–C) groups is 1. The quantitative estimate of drug-likeness (QED) is 0.629. The number of nitrogens with two attached hydrogens (primary N) is 1. The number of hydrogen-bond donors (Lipinski definition) is 2. The number of likely N-dealkylation sites (tertiary alicyclic amines) is 1. The van der Waals surface area contributed by atoms with Crippen molar-refractivity contribution in [2.45, 2.75) is 25.5 Å². The summed E-state index contributed by atoms with van der Waals surface area (Å²) >= 11 is 0. The Labute approximate surface area is 160 Å². The van der Waals surface area contributed by atoms with Gasteiger partial charge in [-0.1, -0.05) is 30.3 Å². The van der Waals surface area contributed by atoms with E-state index < -0.39 is 5.91 Å². The van der Waals surface area contributed by atoms with Gasteiger partial charge in [0.1, 0.15) is 11.9 Å². The number of piperidine rings is 1. The number of ether oxygens (including phenoxy) is 1. The molecule has 1 aliphatic rings. The standard InChI is InChI=1S/C21H26N4O2/c1-23-21(24-15-16-6-5-7-17(14-16)20(22)26)25-12-10-19(11-13-25)27-18-8-3-2-4-9-18/h2-9,14,19H,10-13,15H2,1H3,(H2,22,26)(H,23,24). The number of benzene rings is 2. The molecule has 27 heavy (non-hydrogen) atoms. The third kappa shape index (κ3) is 5.23. The van der Waals surface area contributed by atoms with E-state index in [1.807, 2.05) is 48.5 Å². The fraction of sp³-hybridized carbons (Fsp3) is 0.333. The predicted molar refractivity (Wildman–Crippen MR) is 107 cm³/mol. The maximum atomic E-state index is 11.3. The van der Waals surface area contributed by atoms with Crippen LogP contribution in [0.3, 0.4) is 0 Å². The Morgan fingerprint density at radius 3 is 2.59 bits per heavy atom. The Morgan fingerprint density at radius 1 is 1.19 bits per heavy atom. The monoisotopic (exact) mass is 366 g/mol. The van der Waals surface area contributed by atoms with Gasteiger partial charge < -0.3 is 20.7 Å². The van der Waals surface area contributed by atoms with E-state index in [0.29, 0.717) is 12.1 Å². The average molecular weight is 366 g/mol. The molecule has 0 aliphatic carbocycles. The molecule has 6 nitrogen and oxygen atoms in total. The number of guanidine groups is 1. The summed E-state index contributed by atoms with van der Waals surface area (Å²) in [5, 5.41) is 3.37. The van der Waals surface area contributed by atoms with E-state index in [1.54, 1.807) is 13.1 Å². The van der Waals surface area contributed by atoms with Gasteiger partial charge in [-0.05, 0) is 29.8 Å². The Balaban J connectivity index is 1.50. The zero-order chi connectivity index (χ0) is 19.1. The zero-order valence-corrected chi connectivity index (χ0v) is 15.6. The lowest BCUT2D eigenvalue weighted by Crippen LogP contribution is -2.47. The molecule has 1 aliphatic heterocycles. The van der Waals surface area contributed by atoms with Crippen molar-refractivity contribution in [1.82, 2.24) is 10.2 Å². The molecule has 0 atom stereocenters. The van der Waals surface area contributed by atoms with Crippen LogP contribution in [0.25, 0.3) is 0 Å². The first-order valence-electron chi connectivity index (χ1n) is 9.22. The molecule has 3 N–H and O–H groups in total. The number of carbonyl (C=O) groups excluding carboxylic acids is 1. The molecule has 2 aromatic carbocycles. The summed E-state index contributed by atoms with van der Waals surface area (Å²) in [6, 6.07) is 17.3. The van der Waals surface area contributed by atoms with Gasteiger partial charge in [-0.3, -0.25) is 9.79 Å². The van der Waals surface area contributed by atoms with E-state index in [9.17, 15) is 4.79 Å². The van der Waals surface area contributed by atoms with Gasteiger partial charge in [0.15, 0.2) is 5.96 Å². The highest BCUT2D eigenvalue weighted by atomic mass is 16.5. The molecule has 1 amide bonds. The Kier molecular flexibility index (Phi) is 6.30. The number of hydrogen-bond acceptors (Lipinski definition) is 3. The Bertz CT molecular complexity index is 784. The van der Waals surface area contributed by atoms with E-state index >= 15 is 0 Å². The molecular formula is C21H26N4O2. The van der Waals surface area contributed by atoms with Gasteiger partial charge in [-0.2, -0.15) is 0 Å². The second kappa shape index (κ2) is 9.07. The Morgan fingerprint density at radius 2 is 1.93 bits per heavy atom. The van der Waals surface area contributed by atoms with Crippen molar-refractivity contribution in [3.63, 3.8) is 0 Å². The lowest BCUT2D eigenvalue weighted by atomic mass is 10.1. The van der Waals surface area contributed by atoms with Crippen LogP contribution in [0.1, 0.15) is 28.8 Å². The van der Waals surface area contributed by atoms with Gasteiger partial charge >= 0.3 is 0 Å². The summed E-state index contributed by atoms with van der Waals surface area (Å²) in [5.74, 6) is 1.37. The fourth-order valence-electron chi connectivity index (χ4n) is 3.22. The van der Waals surface area contributed by atoms with Crippen LogP contribution in [0.2, 0.25) is 0 Å². The zero-order valence-electron chi connectivity index (χ0n) is 15.6. The predicted octanol–water partition coefficient (Wildman–Crippen LogP) is 2.40. The molecule has 6 heteroatoms. The van der Waals surface area contributed by atoms with Crippen LogP contribution >= 0.6 is 0 Å². The number of carbonyl (C=O) groups is 1. The highest BCUT2D eigenvalue weighted by Crippen LogP contribution is 2.18. The van der Waals surface area contributed by atoms with E-state index in [1.165, 1.54) is 0 Å². The highest BCUT2D eigenvalue weighted by Gasteiger charge is 2.22. The first kappa shape index (κ1) is 18.8. The molecule has 0 aromatic heterocycles. The first-order chi connectivity index (χ1) is 13.2. The summed E-state index contributed by atoms with van der Waals surface area (Å²) in [7, 11) is 1.79. The van der Waals surface area contributed by atoms with Crippen molar-refractivity contribution in [2.75, 3.05) is 20.1 Å². The van der Waals surface area contributed by atoms with Gasteiger partial charge in [-0.25, -0.2) is 0 Å². The molecule has 0 unspecified atom stereocenters. The number of nitrogens with one attached hydrogen (secondary N) is 1. The van der Waals surface area contributed by atoms with E-state index in [-0.39, 0.29) is 6.10 Å².